The van der Waals surface area contributed by atoms with Crippen LogP contribution in [-0.4, -0.2) is 45.3 Å². The van der Waals surface area contributed by atoms with E-state index >= 15 is 0 Å². The fourth-order valence-corrected chi connectivity index (χ4v) is 1.95. The van der Waals surface area contributed by atoms with E-state index in [-0.39, 0.29) is 12.3 Å². The van der Waals surface area contributed by atoms with Gasteiger partial charge in [0.25, 0.3) is 0 Å². The number of likely N-dealkylation sites (N-methyl/N-ethyl adjacent to an activating group) is 1. The van der Waals surface area contributed by atoms with Crippen LogP contribution in [0.3, 0.4) is 0 Å². The van der Waals surface area contributed by atoms with E-state index in [1.807, 2.05) is 20.9 Å². The molecule has 1 aromatic heterocycles. The molecular formula is C13H21N3O3. The van der Waals surface area contributed by atoms with Gasteiger partial charge in [-0.2, -0.15) is 5.10 Å². The molecule has 0 saturated carbocycles. The molecule has 0 aliphatic rings. The van der Waals surface area contributed by atoms with Crippen molar-refractivity contribution >= 4 is 11.9 Å². The highest BCUT2D eigenvalue weighted by Crippen LogP contribution is 2.13. The second kappa shape index (κ2) is 6.36. The molecule has 0 unspecified atom stereocenters. The molecule has 1 N–H and O–H groups in total. The number of carbonyl (C=O) groups is 2. The molecule has 1 rings (SSSR count). The summed E-state index contributed by atoms with van der Waals surface area (Å²) in [6, 6.07) is 0. The standard InChI is InChI=1S/C13H21N3O3/c1-9-11(10(2)16(4)14-9)8-12(17)15(3)7-5-6-13(18)19/h5-8H2,1-4H3,(H,18,19). The molecule has 0 aliphatic carbocycles. The molecule has 1 aromatic rings. The second-order valence-electron chi connectivity index (χ2n) is 4.76. The smallest absolute Gasteiger partial charge is 0.303 e. The van der Waals surface area contributed by atoms with Crippen molar-refractivity contribution in [1.82, 2.24) is 14.7 Å². The van der Waals surface area contributed by atoms with Crippen LogP contribution < -0.4 is 0 Å². The maximum atomic E-state index is 12.0. The Bertz CT molecular complexity index is 480. The van der Waals surface area contributed by atoms with Crippen molar-refractivity contribution in [3.05, 3.63) is 17.0 Å². The monoisotopic (exact) mass is 267 g/mol. The van der Waals surface area contributed by atoms with Crippen LogP contribution in [0.15, 0.2) is 0 Å². The van der Waals surface area contributed by atoms with Gasteiger partial charge in [0.2, 0.25) is 5.91 Å². The number of hydrogen-bond donors (Lipinski definition) is 1. The molecule has 106 valence electrons. The van der Waals surface area contributed by atoms with E-state index in [0.717, 1.165) is 17.0 Å². The van der Waals surface area contributed by atoms with Crippen molar-refractivity contribution in [3.8, 4) is 0 Å². The quantitative estimate of drug-likeness (QED) is 0.831. The van der Waals surface area contributed by atoms with E-state index in [1.54, 1.807) is 16.6 Å². The first-order chi connectivity index (χ1) is 8.82. The lowest BCUT2D eigenvalue weighted by Crippen LogP contribution is -2.29. The molecule has 1 amide bonds. The van der Waals surface area contributed by atoms with Crippen molar-refractivity contribution < 1.29 is 14.7 Å². The Morgan fingerprint density at radius 3 is 2.47 bits per heavy atom. The van der Waals surface area contributed by atoms with Gasteiger partial charge in [-0.1, -0.05) is 0 Å². The van der Waals surface area contributed by atoms with Crippen molar-refractivity contribution in [2.45, 2.75) is 33.1 Å². The fourth-order valence-electron chi connectivity index (χ4n) is 1.95. The van der Waals surface area contributed by atoms with E-state index in [4.69, 9.17) is 5.11 Å². The molecule has 0 saturated heterocycles. The first-order valence-electron chi connectivity index (χ1n) is 6.27. The van der Waals surface area contributed by atoms with Crippen molar-refractivity contribution in [1.29, 1.82) is 0 Å². The summed E-state index contributed by atoms with van der Waals surface area (Å²) in [7, 11) is 3.55. The molecular weight excluding hydrogens is 246 g/mol. The lowest BCUT2D eigenvalue weighted by molar-refractivity contribution is -0.138. The van der Waals surface area contributed by atoms with Crippen LogP contribution in [0.1, 0.15) is 29.8 Å². The van der Waals surface area contributed by atoms with Gasteiger partial charge in [0.15, 0.2) is 0 Å². The normalized spacial score (nSPS) is 10.5. The van der Waals surface area contributed by atoms with Gasteiger partial charge < -0.3 is 10.0 Å². The number of carboxylic acid groups (broad SMARTS) is 1. The molecule has 19 heavy (non-hydrogen) atoms. The number of carboxylic acids is 1. The van der Waals surface area contributed by atoms with Crippen LogP contribution in [0.25, 0.3) is 0 Å². The van der Waals surface area contributed by atoms with Gasteiger partial charge in [-0.15, -0.1) is 0 Å². The van der Waals surface area contributed by atoms with Crippen LogP contribution >= 0.6 is 0 Å². The first kappa shape index (κ1) is 15.2. The third-order valence-corrected chi connectivity index (χ3v) is 3.30. The second-order valence-corrected chi connectivity index (χ2v) is 4.76. The largest absolute Gasteiger partial charge is 0.481 e. The summed E-state index contributed by atoms with van der Waals surface area (Å²) >= 11 is 0. The molecule has 0 spiro atoms. The summed E-state index contributed by atoms with van der Waals surface area (Å²) in [5, 5.41) is 12.8. The molecule has 6 heteroatoms. The molecule has 0 bridgehead atoms. The predicted molar refractivity (Wildman–Crippen MR) is 70.9 cm³/mol. The molecule has 6 nitrogen and oxygen atoms in total. The van der Waals surface area contributed by atoms with Gasteiger partial charge in [-0.3, -0.25) is 14.3 Å². The summed E-state index contributed by atoms with van der Waals surface area (Å²) in [4.78, 5) is 24.0. The predicted octanol–water partition coefficient (Wildman–Crippen LogP) is 0.903. The van der Waals surface area contributed by atoms with Crippen molar-refractivity contribution in [2.24, 2.45) is 7.05 Å². The Morgan fingerprint density at radius 1 is 1.37 bits per heavy atom. The summed E-state index contributed by atoms with van der Waals surface area (Å²) < 4.78 is 1.77. The zero-order valence-corrected chi connectivity index (χ0v) is 11.9. The van der Waals surface area contributed by atoms with E-state index in [0.29, 0.717) is 19.4 Å². The van der Waals surface area contributed by atoms with Crippen LogP contribution in [-0.2, 0) is 23.1 Å². The minimum Gasteiger partial charge on any atom is -0.481 e. The zero-order valence-electron chi connectivity index (χ0n) is 11.9. The summed E-state index contributed by atoms with van der Waals surface area (Å²) in [5.41, 5.74) is 2.81. The first-order valence-corrected chi connectivity index (χ1v) is 6.27. The molecule has 1 heterocycles. The molecule has 0 aliphatic heterocycles. The highest BCUT2D eigenvalue weighted by Gasteiger charge is 2.16. The van der Waals surface area contributed by atoms with E-state index in [9.17, 15) is 9.59 Å². The number of amides is 1. The zero-order chi connectivity index (χ0) is 14.6. The Morgan fingerprint density at radius 2 is 2.00 bits per heavy atom. The van der Waals surface area contributed by atoms with Crippen molar-refractivity contribution in [2.75, 3.05) is 13.6 Å². The Balaban J connectivity index is 2.56. The number of aromatic nitrogens is 2. The highest BCUT2D eigenvalue weighted by atomic mass is 16.4. The third-order valence-electron chi connectivity index (χ3n) is 3.30. The van der Waals surface area contributed by atoms with Gasteiger partial charge in [-0.05, 0) is 20.3 Å². The Kier molecular flexibility index (Phi) is 5.09. The molecule has 0 radical (unpaired) electrons. The molecule has 0 fully saturated rings. The third kappa shape index (κ3) is 4.08. The summed E-state index contributed by atoms with van der Waals surface area (Å²) in [5.74, 6) is -0.843. The van der Waals surface area contributed by atoms with Crippen LogP contribution in [0, 0.1) is 13.8 Å². The molecule has 0 atom stereocenters. The number of aliphatic carboxylic acids is 1. The van der Waals surface area contributed by atoms with Crippen molar-refractivity contribution in [3.63, 3.8) is 0 Å². The van der Waals surface area contributed by atoms with Gasteiger partial charge >= 0.3 is 5.97 Å². The van der Waals surface area contributed by atoms with E-state index in [1.165, 1.54) is 0 Å². The number of carbonyl (C=O) groups excluding carboxylic acids is 1. The maximum absolute atomic E-state index is 12.0. The fraction of sp³-hybridized carbons (Fsp3) is 0.615. The Hall–Kier alpha value is -1.85. The average molecular weight is 267 g/mol. The number of aryl methyl sites for hydroxylation is 2. The van der Waals surface area contributed by atoms with Crippen LogP contribution in [0.5, 0.6) is 0 Å². The molecule has 0 aromatic carbocycles. The lowest BCUT2D eigenvalue weighted by atomic mass is 10.1. The summed E-state index contributed by atoms with van der Waals surface area (Å²) in [6.07, 6.45) is 0.875. The number of nitrogens with zero attached hydrogens (tertiary/aromatic N) is 3. The van der Waals surface area contributed by atoms with Gasteiger partial charge in [0.1, 0.15) is 0 Å². The van der Waals surface area contributed by atoms with E-state index < -0.39 is 5.97 Å². The number of rotatable bonds is 6. The highest BCUT2D eigenvalue weighted by molar-refractivity contribution is 5.79. The maximum Gasteiger partial charge on any atom is 0.303 e. The van der Waals surface area contributed by atoms with Gasteiger partial charge in [-0.25, -0.2) is 0 Å². The minimum atomic E-state index is -0.834. The van der Waals surface area contributed by atoms with Crippen LogP contribution in [0.2, 0.25) is 0 Å². The number of hydrogen-bond acceptors (Lipinski definition) is 3. The average Bonchev–Trinajstić information content (AvgIpc) is 2.55. The SMILES string of the molecule is Cc1nn(C)c(C)c1CC(=O)N(C)CCCC(=O)O. The van der Waals surface area contributed by atoms with Gasteiger partial charge in [0.05, 0.1) is 12.1 Å². The minimum absolute atomic E-state index is 0.00964. The lowest BCUT2D eigenvalue weighted by Gasteiger charge is -2.16. The summed E-state index contributed by atoms with van der Waals surface area (Å²) in [6.45, 7) is 4.29. The van der Waals surface area contributed by atoms with E-state index in [2.05, 4.69) is 5.10 Å². The van der Waals surface area contributed by atoms with Crippen LogP contribution in [0.4, 0.5) is 0 Å². The topological polar surface area (TPSA) is 75.4 Å². The van der Waals surface area contributed by atoms with Gasteiger partial charge in [0, 0.05) is 38.3 Å². The Labute approximate surface area is 113 Å².